The number of aliphatic imine (C=N–C) groups is 2. The molecule has 0 amide bonds. The van der Waals surface area contributed by atoms with Crippen molar-refractivity contribution in [3.63, 3.8) is 0 Å². The van der Waals surface area contributed by atoms with Crippen LogP contribution in [0.4, 0.5) is 10.0 Å². The quantitative estimate of drug-likeness (QED) is 0.138. The summed E-state index contributed by atoms with van der Waals surface area (Å²) in [6.07, 6.45) is 0. The van der Waals surface area contributed by atoms with Crippen LogP contribution in [0.15, 0.2) is 82.0 Å². The summed E-state index contributed by atoms with van der Waals surface area (Å²) in [4.78, 5) is 43.0. The van der Waals surface area contributed by atoms with E-state index >= 15 is 0 Å². The first-order valence-electron chi connectivity index (χ1n) is 14.3. The predicted octanol–water partition coefficient (Wildman–Crippen LogP) is 8.19. The van der Waals surface area contributed by atoms with Gasteiger partial charge in [-0.25, -0.2) is 30.2 Å². The number of carbonyl (C=O) groups excluding carboxylic acids is 2. The monoisotopic (exact) mass is 656 g/mol. The van der Waals surface area contributed by atoms with Crippen molar-refractivity contribution in [1.29, 1.82) is 10.5 Å². The lowest BCUT2D eigenvalue weighted by Gasteiger charge is -2.01. The van der Waals surface area contributed by atoms with E-state index in [1.165, 1.54) is 22.7 Å². The molecule has 224 valence electrons. The molecule has 0 radical (unpaired) electrons. The Labute approximate surface area is 280 Å². The molecule has 8 rings (SSSR count). The van der Waals surface area contributed by atoms with Gasteiger partial charge in [-0.3, -0.25) is 9.59 Å². The Morgan fingerprint density at radius 1 is 0.688 bits per heavy atom. The fourth-order valence-corrected chi connectivity index (χ4v) is 8.78. The summed E-state index contributed by atoms with van der Waals surface area (Å²) in [6, 6.07) is 21.5. The highest BCUT2D eigenvalue weighted by atomic mass is 32.1. The number of ketones is 2. The van der Waals surface area contributed by atoms with Crippen molar-refractivity contribution in [3.05, 3.63) is 117 Å². The topological polar surface area (TPSA) is 125 Å². The third-order valence-electron chi connectivity index (χ3n) is 8.59. The minimum absolute atomic E-state index is 0.0815. The summed E-state index contributed by atoms with van der Waals surface area (Å²) in [5.74, 6) is -0.651. The predicted molar refractivity (Wildman–Crippen MR) is 187 cm³/mol. The third-order valence-corrected chi connectivity index (χ3v) is 10.6. The van der Waals surface area contributed by atoms with Gasteiger partial charge in [-0.2, -0.15) is 0 Å². The van der Waals surface area contributed by atoms with Gasteiger partial charge < -0.3 is 9.13 Å². The van der Waals surface area contributed by atoms with Crippen LogP contribution in [-0.2, 0) is 14.1 Å². The molecule has 0 spiro atoms. The van der Waals surface area contributed by atoms with Crippen LogP contribution in [-0.4, -0.2) is 32.1 Å². The molecule has 0 N–H and O–H groups in total. The molecule has 0 fully saturated rings. The van der Waals surface area contributed by atoms with Crippen molar-refractivity contribution < 1.29 is 9.59 Å². The van der Waals surface area contributed by atoms with Crippen LogP contribution < -0.4 is 0 Å². The summed E-state index contributed by atoms with van der Waals surface area (Å²) in [5, 5.41) is 20.5. The highest BCUT2D eigenvalue weighted by Gasteiger charge is 2.35. The molecule has 6 aromatic rings. The number of fused-ring (bicyclic) bond motifs is 7. The maximum Gasteiger partial charge on any atom is 0.271 e. The fraction of sp³-hybridized carbons (Fsp3) is 0.0556. The van der Waals surface area contributed by atoms with Crippen molar-refractivity contribution in [2.24, 2.45) is 24.1 Å². The van der Waals surface area contributed by atoms with E-state index in [1.807, 2.05) is 38.4 Å². The zero-order valence-electron chi connectivity index (χ0n) is 25.0. The number of allylic oxidation sites excluding steroid dienone is 4. The number of thiophene rings is 2. The first-order valence-corrected chi connectivity index (χ1v) is 15.9. The molecule has 0 saturated carbocycles. The smallest absolute Gasteiger partial charge is 0.271 e. The van der Waals surface area contributed by atoms with E-state index in [-0.39, 0.29) is 45.5 Å². The van der Waals surface area contributed by atoms with Gasteiger partial charge in [0.15, 0.2) is 0 Å². The first-order chi connectivity index (χ1) is 23.3. The number of aryl methyl sites for hydroxylation is 2. The fourth-order valence-electron chi connectivity index (χ4n) is 6.49. The molecule has 0 unspecified atom stereocenters. The molecule has 48 heavy (non-hydrogen) atoms. The largest absolute Gasteiger partial charge is 0.340 e. The van der Waals surface area contributed by atoms with Crippen molar-refractivity contribution in [3.8, 4) is 12.1 Å². The molecule has 12 heteroatoms. The Morgan fingerprint density at radius 2 is 1.06 bits per heavy atom. The second-order valence-electron chi connectivity index (χ2n) is 11.0. The van der Waals surface area contributed by atoms with Gasteiger partial charge in [0.25, 0.3) is 11.4 Å². The van der Waals surface area contributed by atoms with Crippen molar-refractivity contribution in [2.45, 2.75) is 0 Å². The molecule has 2 aliphatic carbocycles. The lowest BCUT2D eigenvalue weighted by Crippen LogP contribution is -2.07. The minimum atomic E-state index is -0.326. The number of hydrogen-bond acceptors (Lipinski definition) is 8. The molecular weight excluding hydrogens is 641 g/mol. The molecule has 0 aliphatic heterocycles. The second kappa shape index (κ2) is 10.4. The van der Waals surface area contributed by atoms with E-state index in [0.717, 1.165) is 31.5 Å². The number of rotatable bonds is 2. The number of nitriles is 2. The van der Waals surface area contributed by atoms with Gasteiger partial charge in [0.2, 0.25) is 11.6 Å². The summed E-state index contributed by atoms with van der Waals surface area (Å²) >= 11 is 2.82. The molecule has 2 aliphatic rings. The molecule has 0 atom stereocenters. The van der Waals surface area contributed by atoms with Crippen LogP contribution in [0.3, 0.4) is 0 Å². The van der Waals surface area contributed by atoms with E-state index in [4.69, 9.17) is 23.1 Å². The molecule has 4 heterocycles. The number of hydrogen-bond donors (Lipinski definition) is 0. The van der Waals surface area contributed by atoms with E-state index in [1.54, 1.807) is 48.5 Å². The average molecular weight is 657 g/mol. The standard InChI is InChI=1S/C36H16N8O2S2/c1-39-21(15-37)27-17-9-5-7-11-19(17)33(45)29(27)41-25-13-23-35(47-25)31-32(43(23)3)36-24(44(31)4)14-26(48-36)42-30-28(22(16-38)40-2)18-10-6-8-12-20(18)34(30)46/h5-14H,3-4H3/b27-21+,28-22?,41-29?,42-30?. The normalized spacial score (nSPS) is 17.5. The zero-order valence-corrected chi connectivity index (χ0v) is 26.6. The molecular formula is C36H16N8O2S2. The van der Waals surface area contributed by atoms with E-state index in [0.29, 0.717) is 32.3 Å². The van der Waals surface area contributed by atoms with Gasteiger partial charge in [0, 0.05) is 36.4 Å². The van der Waals surface area contributed by atoms with Gasteiger partial charge in [-0.15, -0.1) is 22.7 Å². The maximum atomic E-state index is 13.4. The van der Waals surface area contributed by atoms with E-state index in [9.17, 15) is 20.1 Å². The van der Waals surface area contributed by atoms with Crippen LogP contribution >= 0.6 is 22.7 Å². The van der Waals surface area contributed by atoms with E-state index in [2.05, 4.69) is 18.8 Å². The molecule has 0 saturated heterocycles. The second-order valence-corrected chi connectivity index (χ2v) is 13.0. The van der Waals surface area contributed by atoms with Crippen LogP contribution in [0, 0.1) is 35.8 Å². The van der Waals surface area contributed by atoms with E-state index < -0.39 is 0 Å². The molecule has 10 nitrogen and oxygen atoms in total. The minimum Gasteiger partial charge on any atom is -0.340 e. The highest BCUT2D eigenvalue weighted by Crippen LogP contribution is 2.47. The van der Waals surface area contributed by atoms with Gasteiger partial charge in [-0.05, 0) is 23.3 Å². The number of nitrogens with zero attached hydrogens (tertiary/aromatic N) is 8. The Morgan fingerprint density at radius 3 is 1.42 bits per heavy atom. The van der Waals surface area contributed by atoms with Crippen LogP contribution in [0.25, 0.3) is 52.3 Å². The van der Waals surface area contributed by atoms with Crippen molar-refractivity contribution >= 4 is 98.3 Å². The Balaban J connectivity index is 1.27. The average Bonchev–Trinajstić information content (AvgIpc) is 3.92. The summed E-state index contributed by atoms with van der Waals surface area (Å²) in [6.45, 7) is 15.1. The number of Topliss-reactive ketones (excluding diaryl/α,β-unsaturated/α-hetero) is 2. The van der Waals surface area contributed by atoms with Crippen LogP contribution in [0.5, 0.6) is 0 Å². The van der Waals surface area contributed by atoms with Gasteiger partial charge in [-0.1, -0.05) is 48.5 Å². The first kappa shape index (κ1) is 28.8. The molecule has 2 aromatic carbocycles. The lowest BCUT2D eigenvalue weighted by molar-refractivity contribution is 0.106. The number of aromatic nitrogens is 2. The molecule has 0 bridgehead atoms. The number of carbonyl (C=O) groups is 2. The SMILES string of the molecule is [C-]#[N+]C(C#N)=C1C(=Nc2cc3c(s2)c2c(c4sc(N=C5C(=O)c6ccccc6/C5=C(/C#N)[N+]#[C-])cc4n2C)n3C)C(=O)c2ccccc21. The van der Waals surface area contributed by atoms with Gasteiger partial charge >= 0.3 is 0 Å². The van der Waals surface area contributed by atoms with Crippen molar-refractivity contribution in [1.82, 2.24) is 9.13 Å². The Kier molecular flexibility index (Phi) is 6.24. The Hall–Kier alpha value is -6.70. The van der Waals surface area contributed by atoms with Crippen molar-refractivity contribution in [2.75, 3.05) is 0 Å². The number of benzene rings is 2. The van der Waals surface area contributed by atoms with Gasteiger partial charge in [0.1, 0.15) is 21.4 Å². The zero-order chi connectivity index (χ0) is 33.4. The highest BCUT2D eigenvalue weighted by molar-refractivity contribution is 7.25. The van der Waals surface area contributed by atoms with Crippen LogP contribution in [0.1, 0.15) is 31.8 Å². The summed E-state index contributed by atoms with van der Waals surface area (Å²) in [5.41, 5.74) is 5.91. The van der Waals surface area contributed by atoms with Crippen LogP contribution in [0.2, 0.25) is 0 Å². The molecule has 4 aromatic heterocycles. The summed E-state index contributed by atoms with van der Waals surface area (Å²) in [7, 11) is 3.89. The Bertz CT molecular complexity index is 2610. The third kappa shape index (κ3) is 3.79. The lowest BCUT2D eigenvalue weighted by atomic mass is 10.1. The summed E-state index contributed by atoms with van der Waals surface area (Å²) < 4.78 is 6.01. The maximum absolute atomic E-state index is 13.4. The van der Waals surface area contributed by atoms with Gasteiger partial charge in [0.05, 0.1) is 56.7 Å².